The van der Waals surface area contributed by atoms with E-state index in [1.807, 2.05) is 37.3 Å². The number of hydrogen-bond acceptors (Lipinski definition) is 4. The van der Waals surface area contributed by atoms with Crippen molar-refractivity contribution < 1.29 is 9.72 Å². The van der Waals surface area contributed by atoms with Gasteiger partial charge in [-0.15, -0.1) is 0 Å². The topological polar surface area (TPSA) is 97.2 Å². The number of hydrogen-bond donors (Lipinski definition) is 2. The van der Waals surface area contributed by atoms with Gasteiger partial charge in [-0.1, -0.05) is 30.3 Å². The molecule has 2 amide bonds. The van der Waals surface area contributed by atoms with Crippen LogP contribution in [0.4, 0.5) is 16.2 Å². The largest absolute Gasteiger partial charge is 0.331 e. The van der Waals surface area contributed by atoms with Gasteiger partial charge in [0.1, 0.15) is 11.9 Å². The molecule has 2 N–H and O–H groups in total. The highest BCUT2D eigenvalue weighted by atomic mass is 16.6. The summed E-state index contributed by atoms with van der Waals surface area (Å²) in [7, 11) is 0. The number of nitrogens with zero attached hydrogens (tertiary/aromatic N) is 2. The molecule has 2 rings (SSSR count). The summed E-state index contributed by atoms with van der Waals surface area (Å²) in [6.45, 7) is 1.83. The fourth-order valence-electron chi connectivity index (χ4n) is 1.82. The van der Waals surface area contributed by atoms with Gasteiger partial charge < -0.3 is 10.6 Å². The van der Waals surface area contributed by atoms with E-state index in [4.69, 9.17) is 0 Å². The summed E-state index contributed by atoms with van der Waals surface area (Å²) in [6.07, 6.45) is 2.47. The van der Waals surface area contributed by atoms with Gasteiger partial charge >= 0.3 is 11.7 Å². The van der Waals surface area contributed by atoms with Gasteiger partial charge in [-0.2, -0.15) is 0 Å². The Balaban J connectivity index is 2.04. The highest BCUT2D eigenvalue weighted by Crippen LogP contribution is 2.22. The van der Waals surface area contributed by atoms with Crippen molar-refractivity contribution in [3.8, 4) is 0 Å². The van der Waals surface area contributed by atoms with Crippen molar-refractivity contribution in [2.24, 2.45) is 0 Å². The van der Waals surface area contributed by atoms with E-state index in [1.54, 1.807) is 0 Å². The molecule has 2 aromatic rings. The van der Waals surface area contributed by atoms with Crippen LogP contribution in [0, 0.1) is 10.1 Å². The number of rotatable bonds is 4. The lowest BCUT2D eigenvalue weighted by atomic mass is 10.1. The summed E-state index contributed by atoms with van der Waals surface area (Å²) < 4.78 is 0. The lowest BCUT2D eigenvalue weighted by Gasteiger charge is -2.14. The molecule has 0 aliphatic rings. The molecule has 0 saturated carbocycles. The van der Waals surface area contributed by atoms with Gasteiger partial charge in [0.2, 0.25) is 0 Å². The maximum absolute atomic E-state index is 11.9. The Morgan fingerprint density at radius 2 is 2.00 bits per heavy atom. The normalized spacial score (nSPS) is 11.5. The zero-order chi connectivity index (χ0) is 15.2. The van der Waals surface area contributed by atoms with Crippen LogP contribution in [0.15, 0.2) is 48.8 Å². The zero-order valence-corrected chi connectivity index (χ0v) is 11.3. The number of carbonyl (C=O) groups excluding carboxylic acids is 1. The SMILES string of the molecule is C[C@H](NC(=O)Nc1ccncc1[N+](=O)[O-])c1ccccc1. The van der Waals surface area contributed by atoms with Crippen LogP contribution in [-0.2, 0) is 0 Å². The van der Waals surface area contributed by atoms with Crippen LogP contribution in [0.2, 0.25) is 0 Å². The van der Waals surface area contributed by atoms with E-state index in [-0.39, 0.29) is 17.4 Å². The molecule has 7 nitrogen and oxygen atoms in total. The molecule has 0 bridgehead atoms. The fraction of sp³-hybridized carbons (Fsp3) is 0.143. The van der Waals surface area contributed by atoms with Crippen molar-refractivity contribution in [2.45, 2.75) is 13.0 Å². The van der Waals surface area contributed by atoms with Crippen LogP contribution in [0.3, 0.4) is 0 Å². The van der Waals surface area contributed by atoms with Crippen molar-refractivity contribution in [1.82, 2.24) is 10.3 Å². The molecule has 1 heterocycles. The highest BCUT2D eigenvalue weighted by molar-refractivity contribution is 5.91. The monoisotopic (exact) mass is 286 g/mol. The number of amides is 2. The Morgan fingerprint density at radius 1 is 1.29 bits per heavy atom. The molecule has 0 spiro atoms. The molecule has 7 heteroatoms. The maximum atomic E-state index is 11.9. The van der Waals surface area contributed by atoms with E-state index in [0.717, 1.165) is 11.8 Å². The van der Waals surface area contributed by atoms with Gasteiger partial charge in [-0.25, -0.2) is 4.79 Å². The Morgan fingerprint density at radius 3 is 2.67 bits per heavy atom. The van der Waals surface area contributed by atoms with E-state index in [0.29, 0.717) is 0 Å². The minimum absolute atomic E-state index is 0.104. The molecule has 1 aromatic carbocycles. The van der Waals surface area contributed by atoms with E-state index < -0.39 is 11.0 Å². The van der Waals surface area contributed by atoms with Gasteiger partial charge in [-0.3, -0.25) is 15.1 Å². The molecule has 0 aliphatic carbocycles. The standard InChI is InChI=1S/C14H14N4O3/c1-10(11-5-3-2-4-6-11)16-14(19)17-12-7-8-15-9-13(12)18(20)21/h2-10H,1H3,(H2,15,16,17,19)/t10-/m0/s1. The second kappa shape index (κ2) is 6.47. The molecular weight excluding hydrogens is 272 g/mol. The summed E-state index contributed by atoms with van der Waals surface area (Å²) in [5.41, 5.74) is 0.796. The predicted molar refractivity (Wildman–Crippen MR) is 77.9 cm³/mol. The van der Waals surface area contributed by atoms with Crippen molar-refractivity contribution in [1.29, 1.82) is 0 Å². The van der Waals surface area contributed by atoms with Crippen molar-refractivity contribution >= 4 is 17.4 Å². The first-order valence-electron chi connectivity index (χ1n) is 6.29. The smallest absolute Gasteiger partial charge is 0.319 e. The van der Waals surface area contributed by atoms with Crippen molar-refractivity contribution in [3.63, 3.8) is 0 Å². The van der Waals surface area contributed by atoms with Gasteiger partial charge in [0.15, 0.2) is 0 Å². The zero-order valence-electron chi connectivity index (χ0n) is 11.3. The van der Waals surface area contributed by atoms with Crippen LogP contribution in [-0.4, -0.2) is 15.9 Å². The first-order valence-corrected chi connectivity index (χ1v) is 6.29. The average molecular weight is 286 g/mol. The van der Waals surface area contributed by atoms with Crippen LogP contribution < -0.4 is 10.6 Å². The lowest BCUT2D eigenvalue weighted by Crippen LogP contribution is -2.31. The molecule has 0 saturated heterocycles. The molecule has 1 aromatic heterocycles. The van der Waals surface area contributed by atoms with E-state index in [1.165, 1.54) is 12.3 Å². The number of carbonyl (C=O) groups is 1. The summed E-state index contributed by atoms with van der Waals surface area (Å²) in [6, 6.07) is 10.1. The lowest BCUT2D eigenvalue weighted by molar-refractivity contribution is -0.384. The Bertz CT molecular complexity index is 646. The van der Waals surface area contributed by atoms with Crippen molar-refractivity contribution in [3.05, 3.63) is 64.5 Å². The van der Waals surface area contributed by atoms with E-state index in [2.05, 4.69) is 15.6 Å². The van der Waals surface area contributed by atoms with E-state index >= 15 is 0 Å². The third-order valence-electron chi connectivity index (χ3n) is 2.89. The van der Waals surface area contributed by atoms with Crippen LogP contribution >= 0.6 is 0 Å². The van der Waals surface area contributed by atoms with Crippen LogP contribution in [0.5, 0.6) is 0 Å². The minimum atomic E-state index is -0.594. The van der Waals surface area contributed by atoms with E-state index in [9.17, 15) is 14.9 Å². The maximum Gasteiger partial charge on any atom is 0.319 e. The number of benzene rings is 1. The fourth-order valence-corrected chi connectivity index (χ4v) is 1.82. The molecule has 21 heavy (non-hydrogen) atoms. The number of pyridine rings is 1. The Hall–Kier alpha value is -2.96. The summed E-state index contributed by atoms with van der Waals surface area (Å²) in [5, 5.41) is 16.0. The van der Waals surface area contributed by atoms with Gasteiger partial charge in [-0.05, 0) is 18.6 Å². The molecule has 0 fully saturated rings. The van der Waals surface area contributed by atoms with Gasteiger partial charge in [0, 0.05) is 6.20 Å². The second-order valence-corrected chi connectivity index (χ2v) is 4.38. The summed E-state index contributed by atoms with van der Waals surface area (Å²) >= 11 is 0. The number of urea groups is 1. The molecule has 108 valence electrons. The molecular formula is C14H14N4O3. The average Bonchev–Trinajstić information content (AvgIpc) is 2.48. The Labute approximate surface area is 121 Å². The van der Waals surface area contributed by atoms with Gasteiger partial charge in [0.05, 0.1) is 11.0 Å². The number of nitro groups is 1. The molecule has 0 radical (unpaired) electrons. The highest BCUT2D eigenvalue weighted by Gasteiger charge is 2.16. The number of aromatic nitrogens is 1. The van der Waals surface area contributed by atoms with Crippen LogP contribution in [0.1, 0.15) is 18.5 Å². The van der Waals surface area contributed by atoms with Gasteiger partial charge in [0.25, 0.3) is 0 Å². The minimum Gasteiger partial charge on any atom is -0.331 e. The summed E-state index contributed by atoms with van der Waals surface area (Å²) in [5.74, 6) is 0. The van der Waals surface area contributed by atoms with Crippen molar-refractivity contribution in [2.75, 3.05) is 5.32 Å². The first kappa shape index (κ1) is 14.4. The predicted octanol–water partition coefficient (Wildman–Crippen LogP) is 2.87. The molecule has 0 unspecified atom stereocenters. The Kier molecular flexibility index (Phi) is 4.45. The second-order valence-electron chi connectivity index (χ2n) is 4.38. The summed E-state index contributed by atoms with van der Waals surface area (Å²) in [4.78, 5) is 25.8. The first-order chi connectivity index (χ1) is 10.1. The molecule has 1 atom stereocenters. The quantitative estimate of drug-likeness (QED) is 0.667. The van der Waals surface area contributed by atoms with Crippen LogP contribution in [0.25, 0.3) is 0 Å². The third-order valence-corrected chi connectivity index (χ3v) is 2.89. The number of anilines is 1. The third kappa shape index (κ3) is 3.75. The number of nitrogens with one attached hydrogen (secondary N) is 2. The molecule has 0 aliphatic heterocycles.